The number of aromatic amines is 1. The minimum absolute atomic E-state index is 0.0919. The normalized spacial score (nSPS) is 10.1. The highest BCUT2D eigenvalue weighted by Gasteiger charge is 2.22. The number of aliphatic carboxylic acids is 1. The van der Waals surface area contributed by atoms with E-state index in [0.29, 0.717) is 11.4 Å². The molecule has 108 valence electrons. The summed E-state index contributed by atoms with van der Waals surface area (Å²) < 4.78 is 0. The second-order valence-corrected chi connectivity index (χ2v) is 4.51. The minimum atomic E-state index is -1.16. The van der Waals surface area contributed by atoms with E-state index in [9.17, 15) is 14.4 Å². The molecule has 0 saturated heterocycles. The Morgan fingerprint density at radius 3 is 2.48 bits per heavy atom. The number of carbonyl (C=O) groups excluding carboxylic acids is 1. The summed E-state index contributed by atoms with van der Waals surface area (Å²) >= 11 is 0. The van der Waals surface area contributed by atoms with Crippen LogP contribution >= 0.6 is 0 Å². The van der Waals surface area contributed by atoms with E-state index in [2.05, 4.69) is 4.98 Å². The van der Waals surface area contributed by atoms with E-state index >= 15 is 0 Å². The van der Waals surface area contributed by atoms with Gasteiger partial charge in [-0.2, -0.15) is 0 Å². The zero-order valence-electron chi connectivity index (χ0n) is 11.4. The summed E-state index contributed by atoms with van der Waals surface area (Å²) in [5.74, 6) is -1.81. The van der Waals surface area contributed by atoms with E-state index in [1.807, 2.05) is 0 Å². The number of anilines is 1. The summed E-state index contributed by atoms with van der Waals surface area (Å²) in [5, 5.41) is 8.97. The van der Waals surface area contributed by atoms with Gasteiger partial charge in [-0.25, -0.2) is 0 Å². The highest BCUT2D eigenvalue weighted by atomic mass is 16.4. The number of aryl methyl sites for hydroxylation is 1. The van der Waals surface area contributed by atoms with Gasteiger partial charge in [0, 0.05) is 23.6 Å². The summed E-state index contributed by atoms with van der Waals surface area (Å²) in [6.07, 6.45) is 1.30. The van der Waals surface area contributed by atoms with E-state index in [-0.39, 0.29) is 5.56 Å². The van der Waals surface area contributed by atoms with E-state index in [0.717, 1.165) is 4.90 Å². The van der Waals surface area contributed by atoms with Crippen LogP contribution in [-0.2, 0) is 4.79 Å². The molecule has 0 aliphatic rings. The predicted molar refractivity (Wildman–Crippen MR) is 77.6 cm³/mol. The average molecular weight is 286 g/mol. The molecule has 0 fully saturated rings. The van der Waals surface area contributed by atoms with Crippen molar-refractivity contribution in [3.05, 3.63) is 64.1 Å². The molecule has 0 bridgehead atoms. The number of hydrogen-bond acceptors (Lipinski definition) is 3. The lowest BCUT2D eigenvalue weighted by molar-refractivity contribution is -0.135. The van der Waals surface area contributed by atoms with Gasteiger partial charge in [-0.1, -0.05) is 18.2 Å². The van der Waals surface area contributed by atoms with Crippen LogP contribution in [0.4, 0.5) is 5.69 Å². The second kappa shape index (κ2) is 6.04. The van der Waals surface area contributed by atoms with Crippen LogP contribution in [0.3, 0.4) is 0 Å². The van der Waals surface area contributed by atoms with Crippen molar-refractivity contribution in [1.82, 2.24) is 4.98 Å². The Morgan fingerprint density at radius 2 is 1.90 bits per heavy atom. The van der Waals surface area contributed by atoms with Crippen molar-refractivity contribution in [1.29, 1.82) is 0 Å². The van der Waals surface area contributed by atoms with Crippen LogP contribution in [-0.4, -0.2) is 28.5 Å². The number of benzene rings is 1. The van der Waals surface area contributed by atoms with Gasteiger partial charge in [0.05, 0.1) is 0 Å². The maximum Gasteiger partial charge on any atom is 0.323 e. The Kier molecular flexibility index (Phi) is 4.18. The van der Waals surface area contributed by atoms with Gasteiger partial charge in [-0.3, -0.25) is 19.3 Å². The maximum atomic E-state index is 12.5. The van der Waals surface area contributed by atoms with Crippen LogP contribution < -0.4 is 10.3 Å². The zero-order valence-corrected chi connectivity index (χ0v) is 11.4. The summed E-state index contributed by atoms with van der Waals surface area (Å²) in [6, 6.07) is 9.67. The van der Waals surface area contributed by atoms with Crippen LogP contribution in [0, 0.1) is 6.92 Å². The number of carboxylic acids is 1. The lowest BCUT2D eigenvalue weighted by atomic mass is 10.2. The molecule has 21 heavy (non-hydrogen) atoms. The van der Waals surface area contributed by atoms with Gasteiger partial charge in [0.15, 0.2) is 5.43 Å². The van der Waals surface area contributed by atoms with Gasteiger partial charge in [0.2, 0.25) is 0 Å². The number of amides is 1. The molecule has 1 aromatic carbocycles. The Labute approximate surface area is 120 Å². The van der Waals surface area contributed by atoms with Crippen LogP contribution in [0.15, 0.2) is 47.4 Å². The number of carboxylic acid groups (broad SMARTS) is 1. The van der Waals surface area contributed by atoms with E-state index in [1.54, 1.807) is 37.3 Å². The lowest BCUT2D eigenvalue weighted by Crippen LogP contribution is -2.38. The third-order valence-electron chi connectivity index (χ3n) is 2.89. The Bertz CT molecular complexity index is 722. The van der Waals surface area contributed by atoms with Gasteiger partial charge in [-0.15, -0.1) is 0 Å². The molecular weight excluding hydrogens is 272 g/mol. The van der Waals surface area contributed by atoms with Crippen LogP contribution in [0.2, 0.25) is 0 Å². The topological polar surface area (TPSA) is 90.5 Å². The molecule has 0 atom stereocenters. The molecule has 0 aliphatic heterocycles. The first kappa shape index (κ1) is 14.5. The summed E-state index contributed by atoms with van der Waals surface area (Å²) in [5.41, 5.74) is 0.513. The standard InChI is InChI=1S/C15H14N2O4/c1-10-7-13(18)12(8-16-10)15(21)17(9-14(19)20)11-5-3-2-4-6-11/h2-8H,9H2,1H3,(H,16,18)(H,19,20). The van der Waals surface area contributed by atoms with Crippen molar-refractivity contribution in [3.8, 4) is 0 Å². The first-order valence-corrected chi connectivity index (χ1v) is 6.27. The van der Waals surface area contributed by atoms with Crippen molar-refractivity contribution in [2.45, 2.75) is 6.92 Å². The SMILES string of the molecule is Cc1cc(=O)c(C(=O)N(CC(=O)O)c2ccccc2)c[nH]1. The quantitative estimate of drug-likeness (QED) is 0.889. The van der Waals surface area contributed by atoms with Crippen LogP contribution in [0.5, 0.6) is 0 Å². The third kappa shape index (κ3) is 3.36. The fourth-order valence-electron chi connectivity index (χ4n) is 1.91. The van der Waals surface area contributed by atoms with Crippen molar-refractivity contribution in [2.24, 2.45) is 0 Å². The predicted octanol–water partition coefficient (Wildman–Crippen LogP) is 1.41. The molecular formula is C15H14N2O4. The number of para-hydroxylation sites is 1. The van der Waals surface area contributed by atoms with E-state index in [1.165, 1.54) is 12.3 Å². The zero-order chi connectivity index (χ0) is 15.4. The summed E-state index contributed by atoms with van der Waals surface area (Å²) in [4.78, 5) is 39.2. The first-order valence-electron chi connectivity index (χ1n) is 6.27. The Hall–Kier alpha value is -2.89. The van der Waals surface area contributed by atoms with E-state index in [4.69, 9.17) is 5.11 Å². The number of carbonyl (C=O) groups is 2. The Balaban J connectivity index is 2.43. The third-order valence-corrected chi connectivity index (χ3v) is 2.89. The van der Waals surface area contributed by atoms with Gasteiger partial charge < -0.3 is 10.1 Å². The van der Waals surface area contributed by atoms with Gasteiger partial charge in [0.25, 0.3) is 5.91 Å². The van der Waals surface area contributed by atoms with Crippen LogP contribution in [0.25, 0.3) is 0 Å². The van der Waals surface area contributed by atoms with Crippen molar-refractivity contribution in [2.75, 3.05) is 11.4 Å². The number of hydrogen-bond donors (Lipinski definition) is 2. The number of nitrogens with one attached hydrogen (secondary N) is 1. The molecule has 2 N–H and O–H groups in total. The molecule has 1 aromatic heterocycles. The number of aromatic nitrogens is 1. The van der Waals surface area contributed by atoms with Crippen molar-refractivity contribution in [3.63, 3.8) is 0 Å². The molecule has 2 rings (SSSR count). The number of H-pyrrole nitrogens is 1. The molecule has 0 aliphatic carbocycles. The minimum Gasteiger partial charge on any atom is -0.480 e. The van der Waals surface area contributed by atoms with Gasteiger partial charge >= 0.3 is 5.97 Å². The van der Waals surface area contributed by atoms with Gasteiger partial charge in [-0.05, 0) is 19.1 Å². The van der Waals surface area contributed by atoms with Gasteiger partial charge in [0.1, 0.15) is 12.1 Å². The molecule has 0 radical (unpaired) electrons. The maximum absolute atomic E-state index is 12.5. The fourth-order valence-corrected chi connectivity index (χ4v) is 1.91. The number of rotatable bonds is 4. The molecule has 0 saturated carbocycles. The molecule has 0 spiro atoms. The van der Waals surface area contributed by atoms with E-state index < -0.39 is 23.9 Å². The number of pyridine rings is 1. The summed E-state index contributed by atoms with van der Waals surface area (Å²) in [6.45, 7) is 1.18. The summed E-state index contributed by atoms with van der Waals surface area (Å²) in [7, 11) is 0. The highest BCUT2D eigenvalue weighted by molar-refractivity contribution is 6.07. The smallest absolute Gasteiger partial charge is 0.323 e. The van der Waals surface area contributed by atoms with Crippen molar-refractivity contribution < 1.29 is 14.7 Å². The largest absolute Gasteiger partial charge is 0.480 e. The molecule has 0 unspecified atom stereocenters. The average Bonchev–Trinajstić information content (AvgIpc) is 2.45. The van der Waals surface area contributed by atoms with Crippen molar-refractivity contribution >= 4 is 17.6 Å². The Morgan fingerprint density at radius 1 is 1.24 bits per heavy atom. The fraction of sp³-hybridized carbons (Fsp3) is 0.133. The lowest BCUT2D eigenvalue weighted by Gasteiger charge is -2.20. The van der Waals surface area contributed by atoms with Crippen LogP contribution in [0.1, 0.15) is 16.1 Å². The molecule has 1 heterocycles. The second-order valence-electron chi connectivity index (χ2n) is 4.51. The molecule has 6 nitrogen and oxygen atoms in total. The highest BCUT2D eigenvalue weighted by Crippen LogP contribution is 2.15. The molecule has 1 amide bonds. The first-order chi connectivity index (χ1) is 9.99. The molecule has 6 heteroatoms. The molecule has 2 aromatic rings. The number of nitrogens with zero attached hydrogens (tertiary/aromatic N) is 1. The monoisotopic (exact) mass is 286 g/mol.